The average Bonchev–Trinajstić information content (AvgIpc) is 2.29. The molecule has 2 N–H and O–H groups in total. The molecule has 0 atom stereocenters. The Morgan fingerprint density at radius 2 is 2.19 bits per heavy atom. The number of carbonyl (C=O) groups excluding carboxylic acids is 1. The lowest BCUT2D eigenvalue weighted by molar-refractivity contribution is 0.0843. The third kappa shape index (κ3) is 1.87. The summed E-state index contributed by atoms with van der Waals surface area (Å²) in [5.41, 5.74) is 7.49. The maximum absolute atomic E-state index is 11.6. The summed E-state index contributed by atoms with van der Waals surface area (Å²) in [6.45, 7) is 0.0186. The van der Waals surface area contributed by atoms with Crippen molar-refractivity contribution in [1.29, 1.82) is 0 Å². The van der Waals surface area contributed by atoms with Crippen LogP contribution in [0, 0.1) is 0 Å². The van der Waals surface area contributed by atoms with E-state index in [4.69, 9.17) is 10.5 Å². The van der Waals surface area contributed by atoms with Gasteiger partial charge >= 0.3 is 0 Å². The predicted molar refractivity (Wildman–Crippen MR) is 62.4 cm³/mol. The zero-order valence-electron chi connectivity index (χ0n) is 8.93. The fraction of sp³-hybridized carbons (Fsp3) is 0.167. The number of pyridine rings is 1. The molecule has 0 radical (unpaired) electrons. The molecule has 1 aromatic carbocycles. The van der Waals surface area contributed by atoms with E-state index in [1.165, 1.54) is 7.11 Å². The number of nitrogen functional groups attached to an aromatic ring is 1. The number of nitrogens with two attached hydrogens (primary N) is 1. The van der Waals surface area contributed by atoms with Gasteiger partial charge in [0.1, 0.15) is 12.3 Å². The van der Waals surface area contributed by atoms with E-state index in [9.17, 15) is 4.79 Å². The summed E-state index contributed by atoms with van der Waals surface area (Å²) >= 11 is 0. The number of ether oxygens (including phenoxy) is 1. The first-order valence-corrected chi connectivity index (χ1v) is 4.90. The molecule has 0 aliphatic heterocycles. The summed E-state index contributed by atoms with van der Waals surface area (Å²) < 4.78 is 4.78. The van der Waals surface area contributed by atoms with Crippen molar-refractivity contribution in [3.63, 3.8) is 0 Å². The maximum Gasteiger partial charge on any atom is 0.206 e. The van der Waals surface area contributed by atoms with Crippen molar-refractivity contribution in [2.24, 2.45) is 0 Å². The molecule has 0 aliphatic rings. The number of para-hydroxylation sites is 1. The third-order valence-electron chi connectivity index (χ3n) is 2.31. The number of hydrogen-bond donors (Lipinski definition) is 1. The molecule has 2 aromatic rings. The van der Waals surface area contributed by atoms with Crippen LogP contribution in [-0.4, -0.2) is 24.5 Å². The van der Waals surface area contributed by atoms with E-state index < -0.39 is 0 Å². The van der Waals surface area contributed by atoms with Crippen LogP contribution in [0.2, 0.25) is 0 Å². The second kappa shape index (κ2) is 4.28. The van der Waals surface area contributed by atoms with Crippen LogP contribution in [0.15, 0.2) is 30.3 Å². The molecular weight excluding hydrogens is 204 g/mol. The Morgan fingerprint density at radius 1 is 1.44 bits per heavy atom. The fourth-order valence-electron chi connectivity index (χ4n) is 1.55. The van der Waals surface area contributed by atoms with Gasteiger partial charge in [0.05, 0.1) is 5.52 Å². The minimum atomic E-state index is -0.167. The van der Waals surface area contributed by atoms with E-state index in [0.717, 1.165) is 10.9 Å². The molecule has 0 saturated heterocycles. The highest BCUT2D eigenvalue weighted by molar-refractivity contribution is 6.00. The summed E-state index contributed by atoms with van der Waals surface area (Å²) in [7, 11) is 1.47. The number of ketones is 1. The van der Waals surface area contributed by atoms with Gasteiger partial charge in [0, 0.05) is 18.2 Å². The molecule has 0 spiro atoms. The number of methoxy groups -OCH3 is 1. The molecule has 2 rings (SSSR count). The largest absolute Gasteiger partial charge is 0.398 e. The predicted octanol–water partition coefficient (Wildman–Crippen LogP) is 1.65. The lowest BCUT2D eigenvalue weighted by atomic mass is 10.1. The number of carbonyl (C=O) groups is 1. The normalized spacial score (nSPS) is 10.6. The average molecular weight is 216 g/mol. The van der Waals surface area contributed by atoms with Gasteiger partial charge in [-0.1, -0.05) is 18.2 Å². The molecule has 0 fully saturated rings. The molecular formula is C12H12N2O2. The van der Waals surface area contributed by atoms with Gasteiger partial charge in [-0.25, -0.2) is 4.98 Å². The Balaban J connectivity index is 2.53. The number of fused-ring (bicyclic) bond motifs is 1. The molecule has 4 heteroatoms. The Hall–Kier alpha value is -1.94. The third-order valence-corrected chi connectivity index (χ3v) is 2.31. The van der Waals surface area contributed by atoms with E-state index >= 15 is 0 Å². The molecule has 0 unspecified atom stereocenters. The first kappa shape index (κ1) is 10.6. The van der Waals surface area contributed by atoms with Gasteiger partial charge in [-0.2, -0.15) is 0 Å². The summed E-state index contributed by atoms with van der Waals surface area (Å²) in [6, 6.07) is 9.04. The summed E-state index contributed by atoms with van der Waals surface area (Å²) in [5, 5.41) is 0.858. The van der Waals surface area contributed by atoms with Gasteiger partial charge in [-0.05, 0) is 12.1 Å². The monoisotopic (exact) mass is 216 g/mol. The van der Waals surface area contributed by atoms with Crippen LogP contribution >= 0.6 is 0 Å². The van der Waals surface area contributed by atoms with E-state index in [-0.39, 0.29) is 12.4 Å². The standard InChI is InChI=1S/C12H12N2O2/c1-16-7-12(15)11-6-9(13)8-4-2-3-5-10(8)14-11/h2-6H,7H2,1H3,(H2,13,14). The molecule has 1 aromatic heterocycles. The van der Waals surface area contributed by atoms with Crippen molar-refractivity contribution >= 4 is 22.4 Å². The van der Waals surface area contributed by atoms with Gasteiger partial charge in [0.25, 0.3) is 0 Å². The van der Waals surface area contributed by atoms with Crippen molar-refractivity contribution in [3.05, 3.63) is 36.0 Å². The zero-order valence-corrected chi connectivity index (χ0v) is 8.93. The van der Waals surface area contributed by atoms with E-state index in [1.807, 2.05) is 24.3 Å². The number of Topliss-reactive ketones (excluding diaryl/α,β-unsaturated/α-hetero) is 1. The Labute approximate surface area is 93.0 Å². The molecule has 0 bridgehead atoms. The quantitative estimate of drug-likeness (QED) is 0.792. The van der Waals surface area contributed by atoms with E-state index in [1.54, 1.807) is 6.07 Å². The SMILES string of the molecule is COCC(=O)c1cc(N)c2ccccc2n1. The van der Waals surface area contributed by atoms with Crippen LogP contribution < -0.4 is 5.73 Å². The second-order valence-electron chi connectivity index (χ2n) is 3.47. The summed E-state index contributed by atoms with van der Waals surface area (Å²) in [5.74, 6) is -0.167. The Bertz CT molecular complexity index is 538. The fourth-order valence-corrected chi connectivity index (χ4v) is 1.55. The molecule has 0 aliphatic carbocycles. The van der Waals surface area contributed by atoms with E-state index in [0.29, 0.717) is 11.4 Å². The minimum Gasteiger partial charge on any atom is -0.398 e. The zero-order chi connectivity index (χ0) is 11.5. The highest BCUT2D eigenvalue weighted by atomic mass is 16.5. The van der Waals surface area contributed by atoms with Gasteiger partial charge in [-0.3, -0.25) is 4.79 Å². The number of anilines is 1. The minimum absolute atomic E-state index is 0.0186. The van der Waals surface area contributed by atoms with Crippen LogP contribution in [-0.2, 0) is 4.74 Å². The highest BCUT2D eigenvalue weighted by Crippen LogP contribution is 2.20. The Kier molecular flexibility index (Phi) is 2.83. The first-order valence-electron chi connectivity index (χ1n) is 4.90. The highest BCUT2D eigenvalue weighted by Gasteiger charge is 2.09. The topological polar surface area (TPSA) is 65.2 Å². The van der Waals surface area contributed by atoms with Gasteiger partial charge in [-0.15, -0.1) is 0 Å². The van der Waals surface area contributed by atoms with E-state index in [2.05, 4.69) is 4.98 Å². The van der Waals surface area contributed by atoms with Crippen molar-refractivity contribution in [2.75, 3.05) is 19.5 Å². The lowest BCUT2D eigenvalue weighted by Crippen LogP contribution is -2.10. The number of benzene rings is 1. The van der Waals surface area contributed by atoms with Crippen LogP contribution in [0.1, 0.15) is 10.5 Å². The molecule has 0 saturated carbocycles. The summed E-state index contributed by atoms with van der Waals surface area (Å²) in [4.78, 5) is 15.8. The van der Waals surface area contributed by atoms with Gasteiger partial charge < -0.3 is 10.5 Å². The molecule has 4 nitrogen and oxygen atoms in total. The Morgan fingerprint density at radius 3 is 2.94 bits per heavy atom. The van der Waals surface area contributed by atoms with Crippen molar-refractivity contribution in [1.82, 2.24) is 4.98 Å². The second-order valence-corrected chi connectivity index (χ2v) is 3.47. The van der Waals surface area contributed by atoms with Crippen molar-refractivity contribution in [2.45, 2.75) is 0 Å². The first-order chi connectivity index (χ1) is 7.72. The molecule has 82 valence electrons. The van der Waals surface area contributed by atoms with Crippen LogP contribution in [0.25, 0.3) is 10.9 Å². The van der Waals surface area contributed by atoms with Crippen molar-refractivity contribution in [3.8, 4) is 0 Å². The lowest BCUT2D eigenvalue weighted by Gasteiger charge is -2.04. The number of hydrogen-bond acceptors (Lipinski definition) is 4. The maximum atomic E-state index is 11.6. The van der Waals surface area contributed by atoms with Crippen LogP contribution in [0.5, 0.6) is 0 Å². The number of rotatable bonds is 3. The summed E-state index contributed by atoms with van der Waals surface area (Å²) in [6.07, 6.45) is 0. The van der Waals surface area contributed by atoms with Gasteiger partial charge in [0.15, 0.2) is 0 Å². The van der Waals surface area contributed by atoms with Gasteiger partial charge in [0.2, 0.25) is 5.78 Å². The smallest absolute Gasteiger partial charge is 0.206 e. The molecule has 1 heterocycles. The molecule has 0 amide bonds. The number of nitrogens with zero attached hydrogens (tertiary/aromatic N) is 1. The van der Waals surface area contributed by atoms with Crippen LogP contribution in [0.4, 0.5) is 5.69 Å². The van der Waals surface area contributed by atoms with Crippen LogP contribution in [0.3, 0.4) is 0 Å². The van der Waals surface area contributed by atoms with Crippen molar-refractivity contribution < 1.29 is 9.53 Å². The number of aromatic nitrogens is 1. The molecule has 16 heavy (non-hydrogen) atoms.